The van der Waals surface area contributed by atoms with Crippen LogP contribution in [0.1, 0.15) is 42.4 Å². The Kier molecular flexibility index (Phi) is 3.30. The zero-order chi connectivity index (χ0) is 16.3. The highest BCUT2D eigenvalue weighted by Crippen LogP contribution is 2.57. The maximum absolute atomic E-state index is 12.9. The van der Waals surface area contributed by atoms with Gasteiger partial charge in [-0.2, -0.15) is 4.98 Å². The van der Waals surface area contributed by atoms with Crippen LogP contribution >= 0.6 is 11.3 Å². The first kappa shape index (κ1) is 14.6. The van der Waals surface area contributed by atoms with Crippen LogP contribution in [-0.2, 0) is 4.79 Å². The number of hydrogen-bond acceptors (Lipinski definition) is 5. The van der Waals surface area contributed by atoms with Crippen molar-refractivity contribution in [1.29, 1.82) is 0 Å². The summed E-state index contributed by atoms with van der Waals surface area (Å²) in [7, 11) is 0. The van der Waals surface area contributed by atoms with Crippen LogP contribution in [0.5, 0.6) is 0 Å². The van der Waals surface area contributed by atoms with Crippen molar-refractivity contribution in [1.82, 2.24) is 15.0 Å². The number of hydrogen-bond donors (Lipinski definition) is 0. The molecule has 1 aliphatic heterocycles. The van der Waals surface area contributed by atoms with E-state index in [1.54, 1.807) is 11.3 Å². The van der Waals surface area contributed by atoms with Gasteiger partial charge in [0.05, 0.1) is 16.7 Å². The normalized spacial score (nSPS) is 31.5. The molecule has 2 aliphatic carbocycles. The summed E-state index contributed by atoms with van der Waals surface area (Å²) in [5.41, 5.74) is 0. The van der Waals surface area contributed by atoms with Crippen molar-refractivity contribution < 1.29 is 9.32 Å². The number of likely N-dealkylation sites (tertiary alicyclic amines) is 1. The molecule has 0 aromatic carbocycles. The number of aryl methyl sites for hydroxylation is 1. The second-order valence-corrected chi connectivity index (χ2v) is 8.72. The number of amides is 1. The minimum absolute atomic E-state index is 0.0578. The van der Waals surface area contributed by atoms with Crippen LogP contribution in [0.4, 0.5) is 0 Å². The highest BCUT2D eigenvalue weighted by atomic mass is 32.1. The highest BCUT2D eigenvalue weighted by molar-refractivity contribution is 7.15. The van der Waals surface area contributed by atoms with Gasteiger partial charge in [0, 0.05) is 18.0 Å². The maximum atomic E-state index is 12.9. The molecule has 5 nitrogen and oxygen atoms in total. The van der Waals surface area contributed by atoms with Crippen LogP contribution in [0.3, 0.4) is 0 Å². The number of carbonyl (C=O) groups is 1. The summed E-state index contributed by atoms with van der Waals surface area (Å²) < 4.78 is 5.65. The SMILES string of the molecule is Cc1ccc(-c2noc([C@H]3[C@@H]4CC[C@@H](C4)[C@@H]3C(=O)N3CCC3)n2)s1. The monoisotopic (exact) mass is 343 g/mol. The molecule has 3 aliphatic rings. The van der Waals surface area contributed by atoms with Gasteiger partial charge in [0.2, 0.25) is 17.6 Å². The lowest BCUT2D eigenvalue weighted by molar-refractivity contribution is -0.141. The standard InChI is InChI=1S/C18H21N3O2S/c1-10-3-6-13(24-10)16-19-17(23-20-16)14-11-4-5-12(9-11)15(14)18(22)21-7-2-8-21/h3,6,11-12,14-15H,2,4-5,7-9H2,1H3/t11-,12+,14+,15+/m1/s1. The Labute approximate surface area is 145 Å². The van der Waals surface area contributed by atoms with Gasteiger partial charge in [-0.15, -0.1) is 11.3 Å². The Hall–Kier alpha value is -1.69. The van der Waals surface area contributed by atoms with Crippen molar-refractivity contribution in [2.75, 3.05) is 13.1 Å². The number of thiophene rings is 1. The van der Waals surface area contributed by atoms with E-state index in [2.05, 4.69) is 18.1 Å². The zero-order valence-corrected chi connectivity index (χ0v) is 14.6. The minimum atomic E-state index is 0.0578. The summed E-state index contributed by atoms with van der Waals surface area (Å²) in [6.07, 6.45) is 4.65. The fourth-order valence-corrected chi connectivity index (χ4v) is 5.57. The molecule has 0 radical (unpaired) electrons. The Bertz CT molecular complexity index is 779. The van der Waals surface area contributed by atoms with Crippen molar-refractivity contribution in [3.05, 3.63) is 22.9 Å². The lowest BCUT2D eigenvalue weighted by Crippen LogP contribution is -2.47. The summed E-state index contributed by atoms with van der Waals surface area (Å²) in [5.74, 6) is 2.89. The van der Waals surface area contributed by atoms with Gasteiger partial charge in [0.25, 0.3) is 0 Å². The van der Waals surface area contributed by atoms with E-state index >= 15 is 0 Å². The molecule has 24 heavy (non-hydrogen) atoms. The molecule has 3 heterocycles. The van der Waals surface area contributed by atoms with Crippen LogP contribution < -0.4 is 0 Å². The molecule has 6 heteroatoms. The third-order valence-electron chi connectivity index (χ3n) is 6.06. The van der Waals surface area contributed by atoms with Crippen LogP contribution in [-0.4, -0.2) is 34.0 Å². The van der Waals surface area contributed by atoms with Crippen molar-refractivity contribution in [2.45, 2.75) is 38.5 Å². The summed E-state index contributed by atoms with van der Waals surface area (Å²) in [6, 6.07) is 4.11. The van der Waals surface area contributed by atoms with Gasteiger partial charge in [-0.25, -0.2) is 0 Å². The highest BCUT2D eigenvalue weighted by Gasteiger charge is 2.54. The molecule has 0 unspecified atom stereocenters. The van der Waals surface area contributed by atoms with Gasteiger partial charge in [0.15, 0.2) is 0 Å². The minimum Gasteiger partial charge on any atom is -0.342 e. The molecule has 3 fully saturated rings. The Balaban J connectivity index is 1.46. The van der Waals surface area contributed by atoms with E-state index in [9.17, 15) is 4.79 Å². The Morgan fingerprint density at radius 1 is 1.29 bits per heavy atom. The van der Waals surface area contributed by atoms with Gasteiger partial charge >= 0.3 is 0 Å². The van der Waals surface area contributed by atoms with E-state index in [1.807, 2.05) is 11.0 Å². The molecule has 2 bridgehead atoms. The smallest absolute Gasteiger partial charge is 0.231 e. The molecular formula is C18H21N3O2S. The molecule has 2 saturated carbocycles. The van der Waals surface area contributed by atoms with Gasteiger partial charge < -0.3 is 9.42 Å². The zero-order valence-electron chi connectivity index (χ0n) is 13.8. The topological polar surface area (TPSA) is 59.2 Å². The second kappa shape index (κ2) is 5.41. The van der Waals surface area contributed by atoms with Gasteiger partial charge in [-0.1, -0.05) is 5.16 Å². The van der Waals surface area contributed by atoms with Crippen molar-refractivity contribution in [2.24, 2.45) is 17.8 Å². The lowest BCUT2D eigenvalue weighted by atomic mass is 9.78. The fourth-order valence-electron chi connectivity index (χ4n) is 4.77. The van der Waals surface area contributed by atoms with Crippen molar-refractivity contribution >= 4 is 17.2 Å². The molecule has 0 N–H and O–H groups in total. The first-order valence-electron chi connectivity index (χ1n) is 8.90. The van der Waals surface area contributed by atoms with Crippen LogP contribution in [0.2, 0.25) is 0 Å². The number of fused-ring (bicyclic) bond motifs is 2. The molecule has 2 aromatic rings. The van der Waals surface area contributed by atoms with E-state index in [4.69, 9.17) is 9.51 Å². The number of aromatic nitrogens is 2. The van der Waals surface area contributed by atoms with Crippen LogP contribution in [0, 0.1) is 24.7 Å². The predicted octanol–water partition coefficient (Wildman–Crippen LogP) is 3.47. The van der Waals surface area contributed by atoms with Crippen LogP contribution in [0.25, 0.3) is 10.7 Å². The molecule has 2 aromatic heterocycles. The summed E-state index contributed by atoms with van der Waals surface area (Å²) in [4.78, 5) is 21.9. The third kappa shape index (κ3) is 2.15. The molecule has 1 amide bonds. The number of rotatable bonds is 3. The number of nitrogens with zero attached hydrogens (tertiary/aromatic N) is 3. The van der Waals surface area contributed by atoms with Gasteiger partial charge in [-0.3, -0.25) is 4.79 Å². The fraction of sp³-hybridized carbons (Fsp3) is 0.611. The molecule has 5 rings (SSSR count). The second-order valence-electron chi connectivity index (χ2n) is 7.43. The van der Waals surface area contributed by atoms with E-state index in [0.717, 1.165) is 30.8 Å². The first-order valence-corrected chi connectivity index (χ1v) is 9.71. The van der Waals surface area contributed by atoms with Crippen LogP contribution in [0.15, 0.2) is 16.7 Å². The summed E-state index contributed by atoms with van der Waals surface area (Å²) in [6.45, 7) is 3.92. The van der Waals surface area contributed by atoms with Gasteiger partial charge in [0.1, 0.15) is 0 Å². The van der Waals surface area contributed by atoms with Crippen molar-refractivity contribution in [3.63, 3.8) is 0 Å². The lowest BCUT2D eigenvalue weighted by Gasteiger charge is -2.37. The van der Waals surface area contributed by atoms with E-state index in [0.29, 0.717) is 29.5 Å². The summed E-state index contributed by atoms with van der Waals surface area (Å²) in [5, 5.41) is 4.20. The average molecular weight is 343 g/mol. The summed E-state index contributed by atoms with van der Waals surface area (Å²) >= 11 is 1.68. The van der Waals surface area contributed by atoms with E-state index in [1.165, 1.54) is 17.7 Å². The Morgan fingerprint density at radius 3 is 2.83 bits per heavy atom. The van der Waals surface area contributed by atoms with E-state index < -0.39 is 0 Å². The van der Waals surface area contributed by atoms with Crippen molar-refractivity contribution in [3.8, 4) is 10.7 Å². The average Bonchev–Trinajstić information content (AvgIpc) is 3.27. The molecule has 0 spiro atoms. The Morgan fingerprint density at radius 2 is 2.12 bits per heavy atom. The maximum Gasteiger partial charge on any atom is 0.231 e. The van der Waals surface area contributed by atoms with Gasteiger partial charge in [-0.05, 0) is 56.6 Å². The first-order chi connectivity index (χ1) is 11.7. The third-order valence-corrected chi connectivity index (χ3v) is 7.05. The predicted molar refractivity (Wildman–Crippen MR) is 90.6 cm³/mol. The molecule has 4 atom stereocenters. The van der Waals surface area contributed by atoms with E-state index in [-0.39, 0.29) is 11.8 Å². The molecule has 126 valence electrons. The molecular weight excluding hydrogens is 322 g/mol. The molecule has 1 saturated heterocycles. The number of carbonyl (C=O) groups excluding carboxylic acids is 1. The largest absolute Gasteiger partial charge is 0.342 e. The quantitative estimate of drug-likeness (QED) is 0.856.